The molecule has 0 aliphatic carbocycles. The third kappa shape index (κ3) is 7.29. The standard InChI is InChI=1S/C18H29NO6/c1-4-5-8-19(9-10-20)12-15(21)13-25-16-7-6-14(18(22)24-3)11-17(16)23-2/h6-7,11,15,20-21H,4-5,8-10,12-13H2,1-3H3/p+1/t15-/m0/s1. The Morgan fingerprint density at radius 3 is 2.60 bits per heavy atom. The van der Waals surface area contributed by atoms with Crippen molar-refractivity contribution in [1.29, 1.82) is 0 Å². The summed E-state index contributed by atoms with van der Waals surface area (Å²) in [6, 6.07) is 4.74. The van der Waals surface area contributed by atoms with E-state index in [9.17, 15) is 9.90 Å². The minimum atomic E-state index is -0.664. The Balaban J connectivity index is 2.62. The van der Waals surface area contributed by atoms with Crippen LogP contribution in [-0.2, 0) is 4.74 Å². The molecule has 142 valence electrons. The summed E-state index contributed by atoms with van der Waals surface area (Å²) in [6.45, 7) is 4.33. The van der Waals surface area contributed by atoms with Crippen molar-refractivity contribution in [2.75, 3.05) is 47.1 Å². The first-order chi connectivity index (χ1) is 12.0. The summed E-state index contributed by atoms with van der Waals surface area (Å²) in [7, 11) is 2.80. The van der Waals surface area contributed by atoms with E-state index in [4.69, 9.17) is 14.6 Å². The minimum absolute atomic E-state index is 0.0927. The summed E-state index contributed by atoms with van der Waals surface area (Å²) in [6.07, 6.45) is 1.46. The molecule has 0 bridgehead atoms. The fraction of sp³-hybridized carbons (Fsp3) is 0.611. The van der Waals surface area contributed by atoms with Crippen LogP contribution in [0.3, 0.4) is 0 Å². The summed E-state index contributed by atoms with van der Waals surface area (Å²) in [5.74, 6) is 0.399. The summed E-state index contributed by atoms with van der Waals surface area (Å²) < 4.78 is 15.5. The zero-order chi connectivity index (χ0) is 18.7. The quantitative estimate of drug-likeness (QED) is 0.453. The first kappa shape index (κ1) is 21.2. The highest BCUT2D eigenvalue weighted by atomic mass is 16.5. The fourth-order valence-corrected chi connectivity index (χ4v) is 2.52. The molecule has 0 spiro atoms. The van der Waals surface area contributed by atoms with Gasteiger partial charge in [-0.3, -0.25) is 0 Å². The van der Waals surface area contributed by atoms with Crippen LogP contribution in [0.1, 0.15) is 30.1 Å². The normalized spacial score (nSPS) is 13.2. The van der Waals surface area contributed by atoms with Crippen LogP contribution in [0.2, 0.25) is 0 Å². The second-order valence-corrected chi connectivity index (χ2v) is 5.85. The van der Waals surface area contributed by atoms with Crippen LogP contribution < -0.4 is 14.4 Å². The molecule has 0 aromatic heterocycles. The number of hydrogen-bond donors (Lipinski definition) is 3. The molecule has 1 aromatic carbocycles. The Bertz CT molecular complexity index is 522. The van der Waals surface area contributed by atoms with E-state index >= 15 is 0 Å². The molecule has 1 rings (SSSR count). The first-order valence-electron chi connectivity index (χ1n) is 8.57. The van der Waals surface area contributed by atoms with Gasteiger partial charge in [0.1, 0.15) is 25.8 Å². The smallest absolute Gasteiger partial charge is 0.337 e. The van der Waals surface area contributed by atoms with Gasteiger partial charge < -0.3 is 29.3 Å². The lowest BCUT2D eigenvalue weighted by Gasteiger charge is -2.22. The van der Waals surface area contributed by atoms with Crippen molar-refractivity contribution < 1.29 is 34.1 Å². The molecule has 7 heteroatoms. The van der Waals surface area contributed by atoms with Crippen molar-refractivity contribution in [2.24, 2.45) is 0 Å². The third-order valence-electron chi connectivity index (χ3n) is 3.89. The van der Waals surface area contributed by atoms with Crippen LogP contribution in [0.5, 0.6) is 11.5 Å². The van der Waals surface area contributed by atoms with Crippen LogP contribution in [0.25, 0.3) is 0 Å². The van der Waals surface area contributed by atoms with E-state index in [2.05, 4.69) is 11.7 Å². The molecule has 1 aromatic rings. The van der Waals surface area contributed by atoms with Crippen LogP contribution in [0.15, 0.2) is 18.2 Å². The van der Waals surface area contributed by atoms with E-state index in [1.807, 2.05) is 0 Å². The van der Waals surface area contributed by atoms with Crippen molar-refractivity contribution in [3.63, 3.8) is 0 Å². The SMILES string of the molecule is CCCC[NH+](CCO)C[C@H](O)COc1ccc(C(=O)OC)cc1OC. The molecule has 2 atom stereocenters. The van der Waals surface area contributed by atoms with Crippen molar-refractivity contribution in [1.82, 2.24) is 0 Å². The number of ether oxygens (including phenoxy) is 3. The fourth-order valence-electron chi connectivity index (χ4n) is 2.52. The lowest BCUT2D eigenvalue weighted by molar-refractivity contribution is -0.903. The zero-order valence-electron chi connectivity index (χ0n) is 15.3. The van der Waals surface area contributed by atoms with Crippen LogP contribution >= 0.6 is 0 Å². The molecule has 0 saturated carbocycles. The zero-order valence-corrected chi connectivity index (χ0v) is 15.3. The molecule has 3 N–H and O–H groups in total. The van der Waals surface area contributed by atoms with Gasteiger partial charge in [0.25, 0.3) is 0 Å². The Hall–Kier alpha value is -1.83. The average molecular weight is 356 g/mol. The monoisotopic (exact) mass is 356 g/mol. The number of rotatable bonds is 12. The lowest BCUT2D eigenvalue weighted by atomic mass is 10.2. The van der Waals surface area contributed by atoms with Crippen molar-refractivity contribution >= 4 is 5.97 Å². The van der Waals surface area contributed by atoms with Crippen LogP contribution in [0, 0.1) is 0 Å². The summed E-state index contributed by atoms with van der Waals surface area (Å²) >= 11 is 0. The van der Waals surface area contributed by atoms with Gasteiger partial charge in [0, 0.05) is 0 Å². The van der Waals surface area contributed by atoms with Crippen molar-refractivity contribution in [3.05, 3.63) is 23.8 Å². The van der Waals surface area contributed by atoms with E-state index in [1.54, 1.807) is 12.1 Å². The maximum absolute atomic E-state index is 11.5. The Morgan fingerprint density at radius 2 is 2.00 bits per heavy atom. The second kappa shape index (κ2) is 11.7. The van der Waals surface area contributed by atoms with Crippen LogP contribution in [0.4, 0.5) is 0 Å². The highest BCUT2D eigenvalue weighted by Gasteiger charge is 2.17. The molecular formula is C18H30NO6+. The number of hydrogen-bond acceptors (Lipinski definition) is 6. The van der Waals surface area contributed by atoms with Crippen molar-refractivity contribution in [2.45, 2.75) is 25.9 Å². The molecule has 0 amide bonds. The molecule has 0 heterocycles. The van der Waals surface area contributed by atoms with E-state index in [0.717, 1.165) is 24.3 Å². The number of benzene rings is 1. The van der Waals surface area contributed by atoms with Gasteiger partial charge in [0.05, 0.1) is 32.9 Å². The minimum Gasteiger partial charge on any atom is -0.493 e. The van der Waals surface area contributed by atoms with Gasteiger partial charge >= 0.3 is 5.97 Å². The predicted molar refractivity (Wildman–Crippen MR) is 93.4 cm³/mol. The number of quaternary nitrogens is 1. The molecule has 7 nitrogen and oxygen atoms in total. The molecule has 25 heavy (non-hydrogen) atoms. The van der Waals surface area contributed by atoms with E-state index < -0.39 is 12.1 Å². The number of carbonyl (C=O) groups is 1. The Labute approximate surface area is 149 Å². The third-order valence-corrected chi connectivity index (χ3v) is 3.89. The highest BCUT2D eigenvalue weighted by molar-refractivity contribution is 5.90. The number of aliphatic hydroxyl groups excluding tert-OH is 2. The molecule has 0 fully saturated rings. The highest BCUT2D eigenvalue weighted by Crippen LogP contribution is 2.28. The van der Waals surface area contributed by atoms with Gasteiger partial charge in [-0.1, -0.05) is 13.3 Å². The summed E-state index contributed by atoms with van der Waals surface area (Å²) in [5.41, 5.74) is 0.366. The Kier molecular flexibility index (Phi) is 9.91. The van der Waals surface area contributed by atoms with E-state index in [-0.39, 0.29) is 13.2 Å². The molecule has 0 aliphatic heterocycles. The van der Waals surface area contributed by atoms with Gasteiger partial charge in [0.15, 0.2) is 11.5 Å². The van der Waals surface area contributed by atoms with Gasteiger partial charge in [-0.2, -0.15) is 0 Å². The number of aliphatic hydroxyl groups is 2. The number of methoxy groups -OCH3 is 2. The predicted octanol–water partition coefficient (Wildman–Crippen LogP) is -0.101. The maximum atomic E-state index is 11.5. The molecule has 0 saturated heterocycles. The van der Waals surface area contributed by atoms with E-state index in [0.29, 0.717) is 30.2 Å². The second-order valence-electron chi connectivity index (χ2n) is 5.85. The molecule has 0 radical (unpaired) electrons. The van der Waals surface area contributed by atoms with Gasteiger partial charge in [-0.05, 0) is 24.6 Å². The first-order valence-corrected chi connectivity index (χ1v) is 8.57. The maximum Gasteiger partial charge on any atom is 0.337 e. The van der Waals surface area contributed by atoms with Gasteiger partial charge in [-0.15, -0.1) is 0 Å². The lowest BCUT2D eigenvalue weighted by Crippen LogP contribution is -3.13. The molecule has 0 aliphatic rings. The topological polar surface area (TPSA) is 89.7 Å². The summed E-state index contributed by atoms with van der Waals surface area (Å²) in [4.78, 5) is 12.7. The number of esters is 1. The molecule has 1 unspecified atom stereocenters. The largest absolute Gasteiger partial charge is 0.493 e. The summed E-state index contributed by atoms with van der Waals surface area (Å²) in [5, 5.41) is 19.3. The average Bonchev–Trinajstić information content (AvgIpc) is 2.63. The number of unbranched alkanes of at least 4 members (excludes halogenated alkanes) is 1. The van der Waals surface area contributed by atoms with Crippen LogP contribution in [-0.4, -0.2) is 69.4 Å². The van der Waals surface area contributed by atoms with Crippen molar-refractivity contribution in [3.8, 4) is 11.5 Å². The number of carbonyl (C=O) groups excluding carboxylic acids is 1. The van der Waals surface area contributed by atoms with Gasteiger partial charge in [-0.25, -0.2) is 4.79 Å². The van der Waals surface area contributed by atoms with Gasteiger partial charge in [0.2, 0.25) is 0 Å². The Morgan fingerprint density at radius 1 is 1.24 bits per heavy atom. The molecular weight excluding hydrogens is 326 g/mol. The van der Waals surface area contributed by atoms with E-state index in [1.165, 1.54) is 20.3 Å². The number of nitrogens with one attached hydrogen (secondary N) is 1.